The molecular weight excluding hydrogens is 633 g/mol. The first-order valence-corrected chi connectivity index (χ1v) is 17.2. The molecule has 0 N–H and O–H groups in total. The van der Waals surface area contributed by atoms with Gasteiger partial charge in [0.15, 0.2) is 6.10 Å². The monoisotopic (exact) mass is 683 g/mol. The van der Waals surface area contributed by atoms with E-state index in [4.69, 9.17) is 24.0 Å². The molecule has 50 heavy (non-hydrogen) atoms. The Bertz CT molecular complexity index is 1850. The third-order valence-corrected chi connectivity index (χ3v) is 9.06. The lowest BCUT2D eigenvalue weighted by Gasteiger charge is -2.41. The number of ether oxygens (including phenoxy) is 4. The maximum atomic E-state index is 15.4. The minimum absolute atomic E-state index is 0.164. The third-order valence-electron chi connectivity index (χ3n) is 9.06. The lowest BCUT2D eigenvalue weighted by Crippen LogP contribution is -2.45. The van der Waals surface area contributed by atoms with Gasteiger partial charge < -0.3 is 23.8 Å². The number of fused-ring (bicyclic) bond motifs is 1. The van der Waals surface area contributed by atoms with E-state index in [1.54, 1.807) is 24.3 Å². The molecule has 3 heterocycles. The lowest BCUT2D eigenvalue weighted by atomic mass is 9.91. The van der Waals surface area contributed by atoms with Gasteiger partial charge in [-0.1, -0.05) is 36.4 Å². The third kappa shape index (κ3) is 8.11. The second-order valence-corrected chi connectivity index (χ2v) is 14.3. The lowest BCUT2D eigenvalue weighted by molar-refractivity contribution is -0.164. The number of esters is 1. The molecular formula is C41H50FN3O5. The van der Waals surface area contributed by atoms with Crippen molar-refractivity contribution in [3.8, 4) is 28.1 Å². The molecule has 0 amide bonds. The van der Waals surface area contributed by atoms with Crippen LogP contribution in [0.2, 0.25) is 0 Å². The highest BCUT2D eigenvalue weighted by atomic mass is 19.1. The largest absolute Gasteiger partial charge is 0.490 e. The molecule has 9 heteroatoms. The van der Waals surface area contributed by atoms with Gasteiger partial charge in [0.25, 0.3) is 0 Å². The summed E-state index contributed by atoms with van der Waals surface area (Å²) in [5.41, 5.74) is 4.93. The van der Waals surface area contributed by atoms with E-state index < -0.39 is 17.7 Å². The number of rotatable bonds is 13. The fourth-order valence-electron chi connectivity index (χ4n) is 6.56. The van der Waals surface area contributed by atoms with Crippen LogP contribution in [0.4, 0.5) is 10.1 Å². The first-order valence-electron chi connectivity index (χ1n) is 17.2. The number of piperidine rings is 1. The second kappa shape index (κ2) is 15.2. The Morgan fingerprint density at radius 1 is 1.08 bits per heavy atom. The number of aryl methyl sites for hydroxylation is 1. The number of hydrogen-bond acceptors (Lipinski definition) is 7. The van der Waals surface area contributed by atoms with E-state index in [1.807, 2.05) is 75.7 Å². The minimum atomic E-state index is -0.963. The van der Waals surface area contributed by atoms with Crippen LogP contribution < -0.4 is 9.64 Å². The van der Waals surface area contributed by atoms with Gasteiger partial charge in [0.1, 0.15) is 11.6 Å². The smallest absolute Gasteiger partial charge is 0.339 e. The Balaban J connectivity index is 1.65. The number of hydrogen-bond donors (Lipinski definition) is 0. The van der Waals surface area contributed by atoms with Crippen LogP contribution >= 0.6 is 0 Å². The number of carbonyl (C=O) groups excluding carboxylic acids is 1. The molecule has 2 aromatic carbocycles. The Labute approximate surface area is 295 Å². The molecule has 2 unspecified atom stereocenters. The Morgan fingerprint density at radius 2 is 1.78 bits per heavy atom. The first-order chi connectivity index (χ1) is 23.8. The van der Waals surface area contributed by atoms with E-state index in [2.05, 4.69) is 25.0 Å². The van der Waals surface area contributed by atoms with Gasteiger partial charge in [-0.2, -0.15) is 5.10 Å². The van der Waals surface area contributed by atoms with Crippen molar-refractivity contribution in [2.24, 2.45) is 0 Å². The number of pyridine rings is 1. The number of carbonyl (C=O) groups is 1. The van der Waals surface area contributed by atoms with Crippen molar-refractivity contribution in [3.63, 3.8) is 0 Å². The Hall–Kier alpha value is -4.47. The second-order valence-electron chi connectivity index (χ2n) is 14.3. The highest BCUT2D eigenvalue weighted by molar-refractivity contribution is 5.88. The zero-order chi connectivity index (χ0) is 36.2. The van der Waals surface area contributed by atoms with Gasteiger partial charge in [0.05, 0.1) is 53.5 Å². The molecule has 0 bridgehead atoms. The fraction of sp³-hybridized carbons (Fsp3) is 0.415. The summed E-state index contributed by atoms with van der Waals surface area (Å²) in [6.45, 7) is 21.3. The van der Waals surface area contributed by atoms with Crippen LogP contribution in [0.1, 0.15) is 71.1 Å². The van der Waals surface area contributed by atoms with E-state index in [9.17, 15) is 4.79 Å². The van der Waals surface area contributed by atoms with Crippen LogP contribution in [0.25, 0.3) is 27.9 Å². The number of methoxy groups -OCH3 is 1. The molecule has 266 valence electrons. The highest BCUT2D eigenvalue weighted by Gasteiger charge is 2.37. The van der Waals surface area contributed by atoms with Crippen molar-refractivity contribution in [2.75, 3.05) is 31.7 Å². The van der Waals surface area contributed by atoms with Gasteiger partial charge in [-0.15, -0.1) is 13.2 Å². The van der Waals surface area contributed by atoms with Gasteiger partial charge >= 0.3 is 5.97 Å². The van der Waals surface area contributed by atoms with Crippen molar-refractivity contribution in [1.82, 2.24) is 9.61 Å². The maximum absolute atomic E-state index is 15.4. The quantitative estimate of drug-likeness (QED) is 0.103. The zero-order valence-corrected chi connectivity index (χ0v) is 30.4. The summed E-state index contributed by atoms with van der Waals surface area (Å²) < 4.78 is 41.4. The van der Waals surface area contributed by atoms with Crippen LogP contribution in [0.15, 0.2) is 80.0 Å². The molecule has 0 radical (unpaired) electrons. The summed E-state index contributed by atoms with van der Waals surface area (Å²) in [4.78, 5) is 15.7. The maximum Gasteiger partial charge on any atom is 0.339 e. The van der Waals surface area contributed by atoms with Crippen LogP contribution in [0.5, 0.6) is 5.75 Å². The van der Waals surface area contributed by atoms with Gasteiger partial charge in [-0.25, -0.2) is 13.7 Å². The molecule has 2 aromatic heterocycles. The van der Waals surface area contributed by atoms with E-state index in [-0.39, 0.29) is 17.5 Å². The van der Waals surface area contributed by atoms with Crippen molar-refractivity contribution in [3.05, 3.63) is 97.0 Å². The Morgan fingerprint density at radius 3 is 2.44 bits per heavy atom. The van der Waals surface area contributed by atoms with Gasteiger partial charge in [0, 0.05) is 36.8 Å². The van der Waals surface area contributed by atoms with Gasteiger partial charge in [-0.3, -0.25) is 0 Å². The summed E-state index contributed by atoms with van der Waals surface area (Å²) in [7, 11) is 1.38. The molecule has 1 aliphatic heterocycles. The van der Waals surface area contributed by atoms with Crippen molar-refractivity contribution >= 4 is 17.2 Å². The predicted molar refractivity (Wildman–Crippen MR) is 197 cm³/mol. The molecule has 0 aliphatic carbocycles. The predicted octanol–water partition coefficient (Wildman–Crippen LogP) is 9.05. The van der Waals surface area contributed by atoms with Gasteiger partial charge in [0.2, 0.25) is 0 Å². The molecule has 1 aliphatic rings. The molecule has 4 aromatic rings. The molecule has 1 saturated heterocycles. The summed E-state index contributed by atoms with van der Waals surface area (Å²) in [5.74, 6) is -0.372. The van der Waals surface area contributed by atoms with Crippen LogP contribution in [-0.4, -0.2) is 59.7 Å². The van der Waals surface area contributed by atoms with Crippen LogP contribution in [0.3, 0.4) is 0 Å². The summed E-state index contributed by atoms with van der Waals surface area (Å²) >= 11 is 0. The van der Waals surface area contributed by atoms with E-state index >= 15 is 4.39 Å². The average Bonchev–Trinajstić information content (AvgIpc) is 3.49. The summed E-state index contributed by atoms with van der Waals surface area (Å²) in [6.07, 6.45) is 6.56. The van der Waals surface area contributed by atoms with E-state index in [0.717, 1.165) is 40.7 Å². The van der Waals surface area contributed by atoms with Crippen molar-refractivity contribution in [2.45, 2.75) is 84.2 Å². The number of benzene rings is 2. The van der Waals surface area contributed by atoms with E-state index in [0.29, 0.717) is 48.7 Å². The van der Waals surface area contributed by atoms with Crippen molar-refractivity contribution in [1.29, 1.82) is 0 Å². The zero-order valence-electron chi connectivity index (χ0n) is 30.4. The van der Waals surface area contributed by atoms with E-state index in [1.165, 1.54) is 13.2 Å². The Kier molecular flexibility index (Phi) is 11.2. The van der Waals surface area contributed by atoms with Crippen molar-refractivity contribution < 1.29 is 28.1 Å². The first kappa shape index (κ1) is 36.8. The molecule has 5 rings (SSSR count). The minimum Gasteiger partial charge on any atom is -0.490 e. The normalized spacial score (nSPS) is 15.8. The number of aromatic nitrogens is 2. The standard InChI is InChI=1S/C41H50FN3O5/c1-10-14-28(4)49-34-18-13-17-31(42)36(34)30-16-12-15-29(24-30)32-25-33-37(44-21-19-41(8,20-22-44)48-23-11-2)35(27(3)26-45(33)43-32)38(39(46)47-9)50-40(5,6)7/h10-13,15-18,24-26,28,38H,1-2,14,19-23H2,3-9H3. The highest BCUT2D eigenvalue weighted by Crippen LogP contribution is 2.42. The molecule has 0 saturated carbocycles. The topological polar surface area (TPSA) is 74.5 Å². The molecule has 8 nitrogen and oxygen atoms in total. The average molecular weight is 684 g/mol. The molecule has 0 spiro atoms. The fourth-order valence-corrected chi connectivity index (χ4v) is 6.56. The van der Waals surface area contributed by atoms with Crippen LogP contribution in [-0.2, 0) is 19.0 Å². The van der Waals surface area contributed by atoms with Crippen LogP contribution in [0, 0.1) is 12.7 Å². The number of halogens is 1. The SMILES string of the molecule is C=CCOC1(C)CCN(c2c(C(OC(C)(C)C)C(=O)OC)c(C)cn3nc(-c4cccc(-c5c(F)cccc5OC(C)CC=C)c4)cc23)CC1. The number of nitrogens with zero attached hydrogens (tertiary/aromatic N) is 3. The number of anilines is 1. The molecule has 2 atom stereocenters. The van der Waals surface area contributed by atoms with Gasteiger partial charge in [-0.05, 0) is 89.8 Å². The molecule has 1 fully saturated rings. The summed E-state index contributed by atoms with van der Waals surface area (Å²) in [6, 6.07) is 14.6. The summed E-state index contributed by atoms with van der Waals surface area (Å²) in [5, 5.41) is 5.02.